The molecule has 0 aromatic carbocycles. The van der Waals surface area contributed by atoms with E-state index in [9.17, 15) is 0 Å². The first-order valence-corrected chi connectivity index (χ1v) is 6.52. The van der Waals surface area contributed by atoms with Gasteiger partial charge in [0.25, 0.3) is 0 Å². The Morgan fingerprint density at radius 1 is 1.21 bits per heavy atom. The molecular formula is C14H17N5. The maximum Gasteiger partial charge on any atom is 0.225 e. The summed E-state index contributed by atoms with van der Waals surface area (Å²) in [6.45, 7) is 1.98. The van der Waals surface area contributed by atoms with Crippen molar-refractivity contribution in [3.05, 3.63) is 36.8 Å². The predicted octanol–water partition coefficient (Wildman–Crippen LogP) is 1.34. The van der Waals surface area contributed by atoms with Gasteiger partial charge in [0.2, 0.25) is 5.95 Å². The first-order chi connectivity index (χ1) is 9.36. The van der Waals surface area contributed by atoms with E-state index in [1.165, 1.54) is 0 Å². The summed E-state index contributed by atoms with van der Waals surface area (Å²) in [5.41, 5.74) is 1.86. The van der Waals surface area contributed by atoms with Crippen LogP contribution in [0.2, 0.25) is 0 Å². The van der Waals surface area contributed by atoms with Gasteiger partial charge in [0.1, 0.15) is 0 Å². The van der Waals surface area contributed by atoms with E-state index >= 15 is 0 Å². The van der Waals surface area contributed by atoms with Crippen molar-refractivity contribution in [1.29, 1.82) is 0 Å². The number of anilines is 1. The van der Waals surface area contributed by atoms with Crippen molar-refractivity contribution in [2.75, 3.05) is 25.0 Å². The summed E-state index contributed by atoms with van der Waals surface area (Å²) in [5.74, 6) is 0.803. The van der Waals surface area contributed by atoms with Crippen molar-refractivity contribution in [1.82, 2.24) is 20.3 Å². The number of hydrogen-bond donors (Lipinski definition) is 1. The summed E-state index contributed by atoms with van der Waals surface area (Å²) in [5, 5.41) is 3.29. The fraction of sp³-hybridized carbons (Fsp3) is 0.357. The van der Waals surface area contributed by atoms with Crippen LogP contribution in [0.25, 0.3) is 11.3 Å². The number of pyridine rings is 1. The molecule has 5 nitrogen and oxygen atoms in total. The molecule has 0 aliphatic carbocycles. The second-order valence-electron chi connectivity index (χ2n) is 4.71. The second-order valence-corrected chi connectivity index (χ2v) is 4.71. The lowest BCUT2D eigenvalue weighted by molar-refractivity contribution is 0.616. The molecule has 2 aromatic heterocycles. The van der Waals surface area contributed by atoms with Gasteiger partial charge in [-0.1, -0.05) is 6.07 Å². The van der Waals surface area contributed by atoms with E-state index in [0.717, 1.165) is 36.7 Å². The molecule has 2 aromatic rings. The fourth-order valence-electron chi connectivity index (χ4n) is 2.33. The van der Waals surface area contributed by atoms with Crippen LogP contribution in [0.1, 0.15) is 6.42 Å². The highest BCUT2D eigenvalue weighted by Gasteiger charge is 2.22. The van der Waals surface area contributed by atoms with Crippen molar-refractivity contribution in [2.24, 2.45) is 0 Å². The standard InChI is InChI=1S/C14H17N5/c1-15-12-5-7-19(10-12)14-17-8-11(9-18-14)13-4-2-3-6-16-13/h2-4,6,8-9,12,15H,5,7,10H2,1H3. The monoisotopic (exact) mass is 255 g/mol. The third-order valence-corrected chi connectivity index (χ3v) is 3.48. The molecule has 3 rings (SSSR count). The van der Waals surface area contributed by atoms with Gasteiger partial charge >= 0.3 is 0 Å². The molecule has 3 heterocycles. The lowest BCUT2D eigenvalue weighted by atomic mass is 10.2. The largest absolute Gasteiger partial charge is 0.339 e. The minimum absolute atomic E-state index is 0.541. The molecule has 1 atom stereocenters. The van der Waals surface area contributed by atoms with E-state index in [-0.39, 0.29) is 0 Å². The summed E-state index contributed by atoms with van der Waals surface area (Å²) in [4.78, 5) is 15.4. The van der Waals surface area contributed by atoms with Crippen LogP contribution < -0.4 is 10.2 Å². The zero-order valence-electron chi connectivity index (χ0n) is 11.0. The Morgan fingerprint density at radius 2 is 2.05 bits per heavy atom. The third kappa shape index (κ3) is 2.56. The first kappa shape index (κ1) is 12.0. The second kappa shape index (κ2) is 5.32. The molecule has 5 heteroatoms. The van der Waals surface area contributed by atoms with Crippen LogP contribution >= 0.6 is 0 Å². The van der Waals surface area contributed by atoms with Gasteiger partial charge < -0.3 is 10.2 Å². The SMILES string of the molecule is CNC1CCN(c2ncc(-c3ccccn3)cn2)C1. The molecule has 1 N–H and O–H groups in total. The number of aromatic nitrogens is 3. The zero-order valence-corrected chi connectivity index (χ0v) is 11.0. The predicted molar refractivity (Wildman–Crippen MR) is 74.9 cm³/mol. The Morgan fingerprint density at radius 3 is 2.68 bits per heavy atom. The van der Waals surface area contributed by atoms with Gasteiger partial charge in [0.05, 0.1) is 5.69 Å². The Bertz CT molecular complexity index is 525. The lowest BCUT2D eigenvalue weighted by Crippen LogP contribution is -2.30. The maximum absolute atomic E-state index is 4.45. The van der Waals surface area contributed by atoms with E-state index < -0.39 is 0 Å². The molecule has 1 saturated heterocycles. The number of hydrogen-bond acceptors (Lipinski definition) is 5. The normalized spacial score (nSPS) is 18.8. The van der Waals surface area contributed by atoms with Gasteiger partial charge in [-0.15, -0.1) is 0 Å². The highest BCUT2D eigenvalue weighted by Crippen LogP contribution is 2.19. The molecule has 0 spiro atoms. The van der Waals surface area contributed by atoms with Crippen molar-refractivity contribution in [2.45, 2.75) is 12.5 Å². The number of nitrogens with one attached hydrogen (secondary N) is 1. The van der Waals surface area contributed by atoms with Crippen molar-refractivity contribution in [3.8, 4) is 11.3 Å². The van der Waals surface area contributed by atoms with Crippen LogP contribution in [0.15, 0.2) is 36.8 Å². The van der Waals surface area contributed by atoms with Gasteiger partial charge in [-0.3, -0.25) is 4.98 Å². The number of rotatable bonds is 3. The van der Waals surface area contributed by atoms with Gasteiger partial charge in [0, 0.05) is 43.3 Å². The van der Waals surface area contributed by atoms with Crippen LogP contribution in [0.3, 0.4) is 0 Å². The molecule has 1 fully saturated rings. The van der Waals surface area contributed by atoms with Crippen molar-refractivity contribution in [3.63, 3.8) is 0 Å². The van der Waals surface area contributed by atoms with Gasteiger partial charge in [-0.2, -0.15) is 0 Å². The van der Waals surface area contributed by atoms with Crippen LogP contribution in [0.5, 0.6) is 0 Å². The minimum atomic E-state index is 0.541. The Hall–Kier alpha value is -2.01. The summed E-state index contributed by atoms with van der Waals surface area (Å²) in [6.07, 6.45) is 6.61. The van der Waals surface area contributed by atoms with Crippen LogP contribution in [0.4, 0.5) is 5.95 Å². The van der Waals surface area contributed by atoms with E-state index in [4.69, 9.17) is 0 Å². The lowest BCUT2D eigenvalue weighted by Gasteiger charge is -2.16. The summed E-state index contributed by atoms with van der Waals surface area (Å²) in [7, 11) is 2.00. The molecule has 1 aliphatic rings. The molecule has 19 heavy (non-hydrogen) atoms. The van der Waals surface area contributed by atoms with E-state index in [0.29, 0.717) is 6.04 Å². The number of likely N-dealkylation sites (N-methyl/N-ethyl adjacent to an activating group) is 1. The summed E-state index contributed by atoms with van der Waals surface area (Å²) in [6, 6.07) is 6.37. The summed E-state index contributed by atoms with van der Waals surface area (Å²) < 4.78 is 0. The van der Waals surface area contributed by atoms with Crippen molar-refractivity contribution < 1.29 is 0 Å². The maximum atomic E-state index is 4.45. The smallest absolute Gasteiger partial charge is 0.225 e. The van der Waals surface area contributed by atoms with E-state index in [1.807, 2.05) is 37.6 Å². The van der Waals surface area contributed by atoms with Crippen LogP contribution in [-0.4, -0.2) is 41.1 Å². The molecule has 0 radical (unpaired) electrons. The molecular weight excluding hydrogens is 238 g/mol. The Kier molecular flexibility index (Phi) is 3.37. The molecule has 0 amide bonds. The highest BCUT2D eigenvalue weighted by atomic mass is 15.3. The molecule has 1 aliphatic heterocycles. The molecule has 0 saturated carbocycles. The summed E-state index contributed by atoms with van der Waals surface area (Å²) >= 11 is 0. The van der Waals surface area contributed by atoms with Crippen LogP contribution in [-0.2, 0) is 0 Å². The molecule has 0 bridgehead atoms. The quantitative estimate of drug-likeness (QED) is 0.897. The van der Waals surface area contributed by atoms with Crippen LogP contribution in [0, 0.1) is 0 Å². The Labute approximate surface area is 112 Å². The van der Waals surface area contributed by atoms with Crippen molar-refractivity contribution >= 4 is 5.95 Å². The topological polar surface area (TPSA) is 53.9 Å². The van der Waals surface area contributed by atoms with E-state index in [1.54, 1.807) is 6.20 Å². The first-order valence-electron chi connectivity index (χ1n) is 6.52. The fourth-order valence-corrected chi connectivity index (χ4v) is 2.33. The molecule has 98 valence electrons. The van der Waals surface area contributed by atoms with Gasteiger partial charge in [-0.05, 0) is 25.6 Å². The van der Waals surface area contributed by atoms with Gasteiger partial charge in [-0.25, -0.2) is 9.97 Å². The zero-order chi connectivity index (χ0) is 13.1. The van der Waals surface area contributed by atoms with Gasteiger partial charge in [0.15, 0.2) is 0 Å². The number of nitrogens with zero attached hydrogens (tertiary/aromatic N) is 4. The van der Waals surface area contributed by atoms with E-state index in [2.05, 4.69) is 25.2 Å². The Balaban J connectivity index is 1.76. The minimum Gasteiger partial charge on any atom is -0.339 e. The average Bonchev–Trinajstić information content (AvgIpc) is 2.97. The highest BCUT2D eigenvalue weighted by molar-refractivity contribution is 5.57. The molecule has 1 unspecified atom stereocenters. The average molecular weight is 255 g/mol. The third-order valence-electron chi connectivity index (χ3n) is 3.48.